The van der Waals surface area contributed by atoms with E-state index in [4.69, 9.17) is 10.4 Å². The molecular weight excluding hydrogens is 254 g/mol. The zero-order valence-electron chi connectivity index (χ0n) is 11.8. The Kier molecular flexibility index (Phi) is 7.33. The molecule has 0 fully saturated rings. The van der Waals surface area contributed by atoms with Crippen molar-refractivity contribution in [2.45, 2.75) is 19.8 Å². The Morgan fingerprint density at radius 2 is 2.25 bits per heavy atom. The Hall–Kier alpha value is -1.90. The molecule has 0 aliphatic carbocycles. The number of rotatable bonds is 8. The number of carbonyl (C=O) groups excluding carboxylic acids is 1. The number of carbonyl (C=O) groups is 1. The van der Waals surface area contributed by atoms with Gasteiger partial charge in [0.2, 0.25) is 5.91 Å². The van der Waals surface area contributed by atoms with E-state index in [1.807, 2.05) is 13.0 Å². The highest BCUT2D eigenvalue weighted by atomic mass is 16.3. The average Bonchev–Trinajstić information content (AvgIpc) is 2.47. The number of amides is 1. The normalized spacial score (nSPS) is 10.3. The summed E-state index contributed by atoms with van der Waals surface area (Å²) in [4.78, 5) is 14.0. The standard InChI is InChI=1S/C15H21N3O2/c1-2-18(8-4-10-19)9-7-15(20)17-14-6-3-5-13(11-14)12-16/h3,5-6,11,19H,2,4,7-10H2,1H3,(H,17,20). The van der Waals surface area contributed by atoms with Gasteiger partial charge in [0.05, 0.1) is 11.6 Å². The van der Waals surface area contributed by atoms with Crippen LogP contribution in [0.15, 0.2) is 24.3 Å². The van der Waals surface area contributed by atoms with Gasteiger partial charge in [0, 0.05) is 31.8 Å². The quantitative estimate of drug-likeness (QED) is 0.755. The maximum atomic E-state index is 11.8. The minimum atomic E-state index is -0.0671. The number of nitrogens with zero attached hydrogens (tertiary/aromatic N) is 2. The van der Waals surface area contributed by atoms with E-state index in [0.29, 0.717) is 24.2 Å². The molecule has 0 saturated heterocycles. The van der Waals surface area contributed by atoms with Crippen LogP contribution in [0.4, 0.5) is 5.69 Å². The first kappa shape index (κ1) is 16.2. The van der Waals surface area contributed by atoms with E-state index in [1.165, 1.54) is 0 Å². The molecule has 0 bridgehead atoms. The van der Waals surface area contributed by atoms with Crippen LogP contribution in [0.3, 0.4) is 0 Å². The highest BCUT2D eigenvalue weighted by Crippen LogP contribution is 2.10. The molecule has 5 heteroatoms. The Morgan fingerprint density at radius 1 is 1.45 bits per heavy atom. The summed E-state index contributed by atoms with van der Waals surface area (Å²) in [5, 5.41) is 20.4. The summed E-state index contributed by atoms with van der Waals surface area (Å²) in [6, 6.07) is 8.90. The molecular formula is C15H21N3O2. The Morgan fingerprint density at radius 3 is 2.90 bits per heavy atom. The molecule has 20 heavy (non-hydrogen) atoms. The molecule has 1 amide bonds. The van der Waals surface area contributed by atoms with Gasteiger partial charge in [-0.05, 0) is 31.2 Å². The fourth-order valence-electron chi connectivity index (χ4n) is 1.87. The highest BCUT2D eigenvalue weighted by Gasteiger charge is 2.07. The third-order valence-electron chi connectivity index (χ3n) is 3.01. The van der Waals surface area contributed by atoms with Gasteiger partial charge in [0.1, 0.15) is 0 Å². The van der Waals surface area contributed by atoms with E-state index < -0.39 is 0 Å². The molecule has 0 aliphatic heterocycles. The van der Waals surface area contributed by atoms with E-state index in [2.05, 4.69) is 10.2 Å². The van der Waals surface area contributed by atoms with Crippen molar-refractivity contribution in [3.05, 3.63) is 29.8 Å². The third-order valence-corrected chi connectivity index (χ3v) is 3.01. The van der Waals surface area contributed by atoms with Crippen molar-refractivity contribution in [2.75, 3.05) is 31.6 Å². The number of hydrogen-bond donors (Lipinski definition) is 2. The monoisotopic (exact) mass is 275 g/mol. The van der Waals surface area contributed by atoms with Crippen LogP contribution in [-0.4, -0.2) is 42.2 Å². The van der Waals surface area contributed by atoms with Crippen molar-refractivity contribution in [3.63, 3.8) is 0 Å². The lowest BCUT2D eigenvalue weighted by Crippen LogP contribution is -2.29. The summed E-state index contributed by atoms with van der Waals surface area (Å²) in [7, 11) is 0. The number of benzene rings is 1. The van der Waals surface area contributed by atoms with E-state index >= 15 is 0 Å². The first-order valence-electron chi connectivity index (χ1n) is 6.82. The SMILES string of the molecule is CCN(CCCO)CCC(=O)Nc1cccc(C#N)c1. The van der Waals surface area contributed by atoms with Crippen molar-refractivity contribution in [3.8, 4) is 6.07 Å². The van der Waals surface area contributed by atoms with E-state index in [9.17, 15) is 4.79 Å². The molecule has 0 heterocycles. The second-order valence-electron chi connectivity index (χ2n) is 4.50. The van der Waals surface area contributed by atoms with Crippen LogP contribution < -0.4 is 5.32 Å². The number of nitriles is 1. The van der Waals surface area contributed by atoms with Gasteiger partial charge in [-0.1, -0.05) is 13.0 Å². The predicted octanol–water partition coefficient (Wildman–Crippen LogP) is 1.59. The topological polar surface area (TPSA) is 76.4 Å². The fraction of sp³-hybridized carbons (Fsp3) is 0.467. The smallest absolute Gasteiger partial charge is 0.225 e. The Bertz CT molecular complexity index is 468. The zero-order chi connectivity index (χ0) is 14.8. The first-order valence-corrected chi connectivity index (χ1v) is 6.82. The second-order valence-corrected chi connectivity index (χ2v) is 4.50. The fourth-order valence-corrected chi connectivity index (χ4v) is 1.87. The van der Waals surface area contributed by atoms with Crippen molar-refractivity contribution in [1.82, 2.24) is 4.90 Å². The van der Waals surface area contributed by atoms with Gasteiger partial charge < -0.3 is 15.3 Å². The molecule has 1 aromatic carbocycles. The van der Waals surface area contributed by atoms with Gasteiger partial charge in [-0.25, -0.2) is 0 Å². The number of hydrogen-bond acceptors (Lipinski definition) is 4. The summed E-state index contributed by atoms with van der Waals surface area (Å²) in [5.41, 5.74) is 1.17. The molecule has 0 aromatic heterocycles. The van der Waals surface area contributed by atoms with E-state index in [1.54, 1.807) is 24.3 Å². The number of aliphatic hydroxyl groups is 1. The lowest BCUT2D eigenvalue weighted by atomic mass is 10.2. The zero-order valence-corrected chi connectivity index (χ0v) is 11.8. The molecule has 108 valence electrons. The van der Waals surface area contributed by atoms with Crippen molar-refractivity contribution < 1.29 is 9.90 Å². The lowest BCUT2D eigenvalue weighted by Gasteiger charge is -2.19. The highest BCUT2D eigenvalue weighted by molar-refractivity contribution is 5.90. The minimum absolute atomic E-state index is 0.0671. The van der Waals surface area contributed by atoms with Crippen molar-refractivity contribution >= 4 is 11.6 Å². The summed E-state index contributed by atoms with van der Waals surface area (Å²) in [5.74, 6) is -0.0671. The Labute approximate surface area is 119 Å². The third kappa shape index (κ3) is 5.83. The molecule has 0 aliphatic rings. The van der Waals surface area contributed by atoms with Gasteiger partial charge in [-0.15, -0.1) is 0 Å². The maximum absolute atomic E-state index is 11.8. The molecule has 0 saturated carbocycles. The molecule has 2 N–H and O–H groups in total. The molecule has 5 nitrogen and oxygen atoms in total. The molecule has 1 rings (SSSR count). The van der Waals surface area contributed by atoms with Crippen molar-refractivity contribution in [2.24, 2.45) is 0 Å². The van der Waals surface area contributed by atoms with E-state index in [0.717, 1.165) is 19.5 Å². The van der Waals surface area contributed by atoms with Crippen LogP contribution in [0.25, 0.3) is 0 Å². The minimum Gasteiger partial charge on any atom is -0.396 e. The van der Waals surface area contributed by atoms with Gasteiger partial charge >= 0.3 is 0 Å². The largest absolute Gasteiger partial charge is 0.396 e. The molecule has 0 unspecified atom stereocenters. The summed E-state index contributed by atoms with van der Waals surface area (Å²) < 4.78 is 0. The summed E-state index contributed by atoms with van der Waals surface area (Å²) >= 11 is 0. The van der Waals surface area contributed by atoms with Crippen molar-refractivity contribution in [1.29, 1.82) is 5.26 Å². The molecule has 1 aromatic rings. The molecule has 0 radical (unpaired) electrons. The van der Waals surface area contributed by atoms with Crippen LogP contribution in [0.5, 0.6) is 0 Å². The second kappa shape index (κ2) is 9.08. The van der Waals surface area contributed by atoms with Crippen LogP contribution in [0, 0.1) is 11.3 Å². The van der Waals surface area contributed by atoms with Gasteiger partial charge in [0.25, 0.3) is 0 Å². The molecule has 0 atom stereocenters. The predicted molar refractivity (Wildman–Crippen MR) is 78.2 cm³/mol. The maximum Gasteiger partial charge on any atom is 0.225 e. The van der Waals surface area contributed by atoms with Crippen LogP contribution in [0.2, 0.25) is 0 Å². The lowest BCUT2D eigenvalue weighted by molar-refractivity contribution is -0.116. The summed E-state index contributed by atoms with van der Waals surface area (Å²) in [6.07, 6.45) is 1.12. The van der Waals surface area contributed by atoms with Crippen LogP contribution in [0.1, 0.15) is 25.3 Å². The van der Waals surface area contributed by atoms with Gasteiger partial charge in [-0.3, -0.25) is 4.79 Å². The number of nitrogens with one attached hydrogen (secondary N) is 1. The van der Waals surface area contributed by atoms with Crippen LogP contribution in [-0.2, 0) is 4.79 Å². The molecule has 0 spiro atoms. The summed E-state index contributed by atoms with van der Waals surface area (Å²) in [6.45, 7) is 4.52. The average molecular weight is 275 g/mol. The van der Waals surface area contributed by atoms with Crippen LogP contribution >= 0.6 is 0 Å². The number of aliphatic hydroxyl groups excluding tert-OH is 1. The first-order chi connectivity index (χ1) is 9.69. The van der Waals surface area contributed by atoms with Gasteiger partial charge in [0.15, 0.2) is 0 Å². The van der Waals surface area contributed by atoms with Gasteiger partial charge in [-0.2, -0.15) is 5.26 Å². The Balaban J connectivity index is 2.41. The van der Waals surface area contributed by atoms with E-state index in [-0.39, 0.29) is 12.5 Å². The number of anilines is 1.